The van der Waals surface area contributed by atoms with Crippen LogP contribution < -0.4 is 98.5 Å². The number of aryl methyl sites for hydroxylation is 6. The Morgan fingerprint density at radius 3 is 1.15 bits per heavy atom. The number of carbonyl (C=O) groups excluding carboxylic acids is 7. The molecule has 6 aromatic rings. The van der Waals surface area contributed by atoms with E-state index in [0.717, 1.165) is 51.8 Å². The summed E-state index contributed by atoms with van der Waals surface area (Å²) in [6.45, 7) is 40.3. The average molecular weight is 2080 g/mol. The van der Waals surface area contributed by atoms with Gasteiger partial charge in [-0.3, -0.25) is 38.6 Å². The summed E-state index contributed by atoms with van der Waals surface area (Å²) in [5, 5.41) is 32.1. The third-order valence-electron chi connectivity index (χ3n) is 23.4. The molecule has 0 aliphatic carbocycles. The van der Waals surface area contributed by atoms with Gasteiger partial charge in [0.15, 0.2) is 0 Å². The van der Waals surface area contributed by atoms with Crippen molar-refractivity contribution in [2.45, 2.75) is 148 Å². The van der Waals surface area contributed by atoms with Crippen LogP contribution in [0.25, 0.3) is 0 Å². The van der Waals surface area contributed by atoms with Crippen LogP contribution in [0.15, 0.2) is 208 Å². The number of ether oxygens (including phenoxy) is 6. The van der Waals surface area contributed by atoms with Crippen LogP contribution >= 0.6 is 0 Å². The Bertz CT molecular complexity index is 5670. The van der Waals surface area contributed by atoms with Crippen molar-refractivity contribution in [1.82, 2.24) is 38.2 Å². The average Bonchev–Trinajstić information content (AvgIpc) is 1.57. The zero-order valence-corrected chi connectivity index (χ0v) is 91.0. The molecule has 784 valence electrons. The van der Waals surface area contributed by atoms with Gasteiger partial charge in [-0.05, 0) is 223 Å². The maximum atomic E-state index is 13.3. The van der Waals surface area contributed by atoms with Crippen molar-refractivity contribution >= 4 is 83.2 Å². The summed E-state index contributed by atoms with van der Waals surface area (Å²) in [6, 6.07) is 36.3. The second kappa shape index (κ2) is 62.6. The van der Waals surface area contributed by atoms with Crippen molar-refractivity contribution in [2.24, 2.45) is 22.2 Å². The summed E-state index contributed by atoms with van der Waals surface area (Å²) >= 11 is 0. The number of amides is 7. The van der Waals surface area contributed by atoms with E-state index < -0.39 is 76.0 Å². The molecule has 39 heteroatoms. The maximum Gasteiger partial charge on any atom is 1.00 e. The number of aliphatic hydroxyl groups is 1. The Balaban J connectivity index is 0.000000409. The van der Waals surface area contributed by atoms with Crippen LogP contribution in [0.5, 0.6) is 17.2 Å². The molecule has 3 saturated heterocycles. The van der Waals surface area contributed by atoms with Gasteiger partial charge in [0.2, 0.25) is 41.9 Å². The molecule has 6 aromatic carbocycles. The monoisotopic (exact) mass is 2080 g/mol. The van der Waals surface area contributed by atoms with E-state index in [9.17, 15) is 68.7 Å². The first kappa shape index (κ1) is 126. The van der Waals surface area contributed by atoms with Gasteiger partial charge in [-0.25, -0.2) is 43.0 Å². The number of aliphatic imine (C=N–C) groups is 1. The quantitative estimate of drug-likeness (QED) is 0.0126. The fourth-order valence-electron chi connectivity index (χ4n) is 14.9. The summed E-state index contributed by atoms with van der Waals surface area (Å²) in [4.78, 5) is 108. The molecule has 0 atom stereocenters. The van der Waals surface area contributed by atoms with E-state index in [1.165, 1.54) is 25.0 Å². The van der Waals surface area contributed by atoms with Gasteiger partial charge in [-0.15, -0.1) is 45.1 Å². The van der Waals surface area contributed by atoms with E-state index in [0.29, 0.717) is 157 Å². The SMILES string of the molecule is C=CCCOc1cccc(C(=O)NC2(C(N)=O)CCN(S(=O)(=O)CCc3ccc(C(=O)N(C)CCOCC=C)cc3C)CC2)c1.C=CCCOc1cccc(C(=O)O)c1.C=CCCOc1cccc(C2=NC3(CCN(S(=O)(=O)CCc4ccc(C(=O)N(C)CCOCC=C)cc4C)CC3)C(=O)N2)c1.C=CCOCCN(C)C(=O)c1ccc(CCS(=O)(=O)N2CCC(N)(C(N)=O)CC2)c(C)c1.CC(C)(C)[O-].CCO.[K+]. The van der Waals surface area contributed by atoms with Crippen LogP contribution in [0.4, 0.5) is 0 Å². The van der Waals surface area contributed by atoms with E-state index in [-0.39, 0.29) is 176 Å². The summed E-state index contributed by atoms with van der Waals surface area (Å²) in [6.07, 6.45) is 14.4. The zero-order valence-electron chi connectivity index (χ0n) is 85.4. The summed E-state index contributed by atoms with van der Waals surface area (Å²) in [5.74, 6) is -1.39. The molecule has 0 saturated carbocycles. The predicted octanol–water partition coefficient (Wildman–Crippen LogP) is 6.26. The second-order valence-electron chi connectivity index (χ2n) is 35.6. The topological polar surface area (TPSA) is 492 Å². The molecule has 0 bridgehead atoms. The number of carbonyl (C=O) groups is 8. The van der Waals surface area contributed by atoms with Crippen molar-refractivity contribution in [3.05, 3.63) is 270 Å². The maximum absolute atomic E-state index is 13.3. The van der Waals surface area contributed by atoms with Crippen molar-refractivity contribution < 1.29 is 159 Å². The van der Waals surface area contributed by atoms with Crippen LogP contribution in [0, 0.1) is 20.8 Å². The largest absolute Gasteiger partial charge is 1.00 e. The molecule has 4 aliphatic rings. The molecule has 0 radical (unpaired) electrons. The first-order chi connectivity index (χ1) is 67.6. The Hall–Kier alpha value is -10.3. The second-order valence-corrected chi connectivity index (χ2v) is 41.8. The minimum Gasteiger partial charge on any atom is -0.850 e. The molecule has 1 spiro atoms. The number of sulfonamides is 3. The van der Waals surface area contributed by atoms with Crippen LogP contribution in [-0.2, 0) is 77.9 Å². The number of nitrogens with one attached hydrogen (secondary N) is 2. The van der Waals surface area contributed by atoms with E-state index in [1.807, 2.05) is 51.1 Å². The Morgan fingerprint density at radius 1 is 0.493 bits per heavy atom. The number of carboxylic acid groups (broad SMARTS) is 1. The third kappa shape index (κ3) is 41.9. The van der Waals surface area contributed by atoms with Gasteiger partial charge in [0.1, 0.15) is 34.2 Å². The van der Waals surface area contributed by atoms with Gasteiger partial charge in [0.25, 0.3) is 29.5 Å². The van der Waals surface area contributed by atoms with Crippen LogP contribution in [-0.4, -0.2) is 302 Å². The molecule has 144 heavy (non-hydrogen) atoms. The molecule has 0 aromatic heterocycles. The van der Waals surface area contributed by atoms with E-state index >= 15 is 0 Å². The predicted molar refractivity (Wildman–Crippen MR) is 555 cm³/mol. The van der Waals surface area contributed by atoms with Crippen LogP contribution in [0.2, 0.25) is 0 Å². The van der Waals surface area contributed by atoms with E-state index in [1.54, 1.807) is 185 Å². The zero-order chi connectivity index (χ0) is 106. The normalized spacial score (nSPS) is 14.7. The van der Waals surface area contributed by atoms with Gasteiger partial charge in [0.05, 0.1) is 87.8 Å². The standard InChI is InChI=1S/C33H44N4O7S.C33H42N4O6S.C22H34N4O5S.C11H12O3.C4H9O.C2H6O.K/c1-5-7-20-44-29-10-8-9-27(24-29)30(38)35-33(32(34)40)14-16-37(17-15-33)45(41,42)22-13-26-11-12-28(23-25(26)3)31(39)36(4)18-21-43-19-6-2;1-5-7-20-43-29-10-8-9-27(24-29)30-34-32(39)33(35-30)14-16-37(17-15-33)44(40,41)22-13-26-11-12-28(23-25(26)3)31(38)36(4)18-21-42-19-6-2;1-4-13-31-14-12-25(3)20(27)19-6-5-18(17(2)16-19)7-15-32(29,30)26-10-8-22(24,9-11-26)21(23)28;1-2-3-7-14-10-6-4-5-9(8-10)11(12)13;1-4(2,3)5;1-2-3;/h5-6,8-12,23-24H,1-2,7,13-22H2,3-4H3,(H2,34,40)(H,35,38);5-6,8-12,23-24H,1-2,7,13-22H2,3-4H3,(H,34,35,39);4-6,16H,1,7-15,24H2,2-3H3,(H2,23,28);2,4-6,8H,1,3,7H2,(H,12,13);1-3H3;3H,2H2,1H3;/q;;;;-1;;+1. The van der Waals surface area contributed by atoms with Gasteiger partial charge >= 0.3 is 57.4 Å². The molecule has 4 aliphatic heterocycles. The molecule has 10 rings (SSSR count). The minimum atomic E-state index is -3.68. The number of amidine groups is 1. The van der Waals surface area contributed by atoms with Gasteiger partial charge in [-0.2, -0.15) is 0 Å². The number of primary amides is 2. The number of nitrogens with two attached hydrogens (primary N) is 3. The van der Waals surface area contributed by atoms with E-state index in [2.05, 4.69) is 50.1 Å². The van der Waals surface area contributed by atoms with Crippen LogP contribution in [0.3, 0.4) is 0 Å². The summed E-state index contributed by atoms with van der Waals surface area (Å²) in [5.41, 5.74) is 20.7. The number of piperidine rings is 3. The Morgan fingerprint density at radius 2 is 0.819 bits per heavy atom. The molecule has 7 amide bonds. The van der Waals surface area contributed by atoms with Gasteiger partial charge < -0.3 is 86.3 Å². The third-order valence-corrected chi connectivity index (χ3v) is 29.0. The van der Waals surface area contributed by atoms with Gasteiger partial charge in [-0.1, -0.05) is 99.7 Å². The number of benzene rings is 6. The van der Waals surface area contributed by atoms with Crippen molar-refractivity contribution in [3.63, 3.8) is 0 Å². The number of aliphatic hydroxyl groups excluding tert-OH is 1. The molecule has 10 N–H and O–H groups in total. The van der Waals surface area contributed by atoms with E-state index in [4.69, 9.17) is 60.8 Å². The molecular weight excluding hydrogens is 1930 g/mol. The number of nitrogens with zero attached hydrogens (tertiary/aromatic N) is 7. The first-order valence-corrected chi connectivity index (χ1v) is 52.2. The number of rotatable bonds is 48. The van der Waals surface area contributed by atoms with Crippen LogP contribution in [0.1, 0.15) is 176 Å². The molecule has 0 unspecified atom stereocenters. The number of hydrogen-bond acceptors (Lipinski definition) is 24. The minimum absolute atomic E-state index is 0. The smallest absolute Gasteiger partial charge is 0.850 e. The summed E-state index contributed by atoms with van der Waals surface area (Å²) < 4.78 is 115. The number of carboxylic acids is 1. The van der Waals surface area contributed by atoms with Crippen molar-refractivity contribution in [1.29, 1.82) is 0 Å². The summed E-state index contributed by atoms with van der Waals surface area (Å²) in [7, 11) is -5.61. The van der Waals surface area contributed by atoms with Crippen molar-refractivity contribution in [3.8, 4) is 17.2 Å². The number of likely N-dealkylation sites (N-methyl/N-ethyl adjacent to an activating group) is 3. The van der Waals surface area contributed by atoms with Gasteiger partial charge in [0, 0.05) is 114 Å². The number of hydrogen-bond donors (Lipinski definition) is 7. The number of aromatic carboxylic acids is 1. The Kier molecular flexibility index (Phi) is 54.8. The Labute approximate surface area is 893 Å². The molecule has 4 heterocycles. The molecular formula is C105H147KN12O23S3. The fraction of sp³-hybridized carbons (Fsp3) is 0.457. The first-order valence-electron chi connectivity index (χ1n) is 47.4. The molecule has 35 nitrogen and oxygen atoms in total. The van der Waals surface area contributed by atoms with Crippen molar-refractivity contribution in [2.75, 3.05) is 163 Å². The molecule has 3 fully saturated rings. The fourth-order valence-corrected chi connectivity index (χ4v) is 19.3.